The Morgan fingerprint density at radius 2 is 1.74 bits per heavy atom. The van der Waals surface area contributed by atoms with Gasteiger partial charge in [-0.3, -0.25) is 0 Å². The fourth-order valence-corrected chi connectivity index (χ4v) is 3.97. The largest absolute Gasteiger partial charge is 0.492 e. The standard InChI is InChI=1S/C17H28ClNO3S/c1-7-22-14-9-8-13(18)12-15(14)23(20,21)19-17(5,6)11-10-16(2,3)4/h8-9,12,19H,7,10-11H2,1-6H3. The third-order valence-electron chi connectivity index (χ3n) is 3.41. The smallest absolute Gasteiger partial charge is 0.244 e. The predicted molar refractivity (Wildman–Crippen MR) is 95.7 cm³/mol. The van der Waals surface area contributed by atoms with Gasteiger partial charge in [0.2, 0.25) is 10.0 Å². The molecule has 0 heterocycles. The first-order valence-corrected chi connectivity index (χ1v) is 9.69. The Bertz CT molecular complexity index is 634. The molecule has 1 aromatic carbocycles. The van der Waals surface area contributed by atoms with Crippen LogP contribution in [0.5, 0.6) is 5.75 Å². The summed E-state index contributed by atoms with van der Waals surface area (Å²) in [7, 11) is -3.72. The normalized spacial score (nSPS) is 13.2. The number of hydrogen-bond acceptors (Lipinski definition) is 3. The first kappa shape index (κ1) is 20.3. The van der Waals surface area contributed by atoms with Crippen molar-refractivity contribution in [3.05, 3.63) is 23.2 Å². The molecule has 0 radical (unpaired) electrons. The van der Waals surface area contributed by atoms with Crippen LogP contribution in [0.25, 0.3) is 0 Å². The van der Waals surface area contributed by atoms with Gasteiger partial charge in [-0.05, 0) is 57.2 Å². The summed E-state index contributed by atoms with van der Waals surface area (Å²) < 4.78 is 33.8. The summed E-state index contributed by atoms with van der Waals surface area (Å²) in [4.78, 5) is 0.0793. The molecular formula is C17H28ClNO3S. The van der Waals surface area contributed by atoms with Crippen LogP contribution in [0.4, 0.5) is 0 Å². The van der Waals surface area contributed by atoms with Gasteiger partial charge in [0.25, 0.3) is 0 Å². The van der Waals surface area contributed by atoms with Crippen LogP contribution in [0.15, 0.2) is 23.1 Å². The van der Waals surface area contributed by atoms with E-state index < -0.39 is 15.6 Å². The van der Waals surface area contributed by atoms with Crippen molar-refractivity contribution < 1.29 is 13.2 Å². The second-order valence-corrected chi connectivity index (χ2v) is 9.66. The van der Waals surface area contributed by atoms with Crippen molar-refractivity contribution in [1.82, 2.24) is 4.72 Å². The van der Waals surface area contributed by atoms with Crippen molar-refractivity contribution in [3.8, 4) is 5.75 Å². The Labute approximate surface area is 145 Å². The van der Waals surface area contributed by atoms with Gasteiger partial charge in [-0.15, -0.1) is 0 Å². The number of ether oxygens (including phenoxy) is 1. The molecule has 0 fully saturated rings. The highest BCUT2D eigenvalue weighted by Gasteiger charge is 2.29. The van der Waals surface area contributed by atoms with E-state index in [1.807, 2.05) is 20.8 Å². The molecule has 0 spiro atoms. The molecule has 0 aliphatic heterocycles. The van der Waals surface area contributed by atoms with Crippen LogP contribution in [0.1, 0.15) is 54.4 Å². The minimum absolute atomic E-state index is 0.0793. The highest BCUT2D eigenvalue weighted by Crippen LogP contribution is 2.30. The second kappa shape index (κ2) is 7.41. The van der Waals surface area contributed by atoms with E-state index in [2.05, 4.69) is 25.5 Å². The van der Waals surface area contributed by atoms with E-state index in [0.717, 1.165) is 12.8 Å². The van der Waals surface area contributed by atoms with Crippen molar-refractivity contribution >= 4 is 21.6 Å². The van der Waals surface area contributed by atoms with Crippen LogP contribution in [-0.2, 0) is 10.0 Å². The molecule has 0 bridgehead atoms. The molecule has 1 rings (SSSR count). The Balaban J connectivity index is 3.05. The molecule has 0 aliphatic carbocycles. The molecule has 0 unspecified atom stereocenters. The van der Waals surface area contributed by atoms with Gasteiger partial charge in [-0.1, -0.05) is 32.4 Å². The molecule has 0 amide bonds. The van der Waals surface area contributed by atoms with Crippen molar-refractivity contribution in [1.29, 1.82) is 0 Å². The van der Waals surface area contributed by atoms with Crippen LogP contribution in [-0.4, -0.2) is 20.6 Å². The molecule has 0 saturated carbocycles. The highest BCUT2D eigenvalue weighted by atomic mass is 35.5. The lowest BCUT2D eigenvalue weighted by atomic mass is 9.85. The van der Waals surface area contributed by atoms with Gasteiger partial charge in [-0.25, -0.2) is 13.1 Å². The predicted octanol–water partition coefficient (Wildman–Crippen LogP) is 4.62. The average Bonchev–Trinajstić information content (AvgIpc) is 2.37. The van der Waals surface area contributed by atoms with E-state index in [-0.39, 0.29) is 10.3 Å². The summed E-state index contributed by atoms with van der Waals surface area (Å²) >= 11 is 5.97. The van der Waals surface area contributed by atoms with Gasteiger partial charge >= 0.3 is 0 Å². The highest BCUT2D eigenvalue weighted by molar-refractivity contribution is 7.89. The molecule has 1 aromatic rings. The van der Waals surface area contributed by atoms with Crippen molar-refractivity contribution in [2.75, 3.05) is 6.61 Å². The third-order valence-corrected chi connectivity index (χ3v) is 5.36. The van der Waals surface area contributed by atoms with Crippen LogP contribution in [0.3, 0.4) is 0 Å². The number of hydrogen-bond donors (Lipinski definition) is 1. The van der Waals surface area contributed by atoms with E-state index in [1.54, 1.807) is 12.1 Å². The first-order chi connectivity index (χ1) is 10.4. The lowest BCUT2D eigenvalue weighted by Gasteiger charge is -2.30. The molecular weight excluding hydrogens is 334 g/mol. The van der Waals surface area contributed by atoms with E-state index in [9.17, 15) is 8.42 Å². The minimum atomic E-state index is -3.72. The molecule has 6 heteroatoms. The summed E-state index contributed by atoms with van der Waals surface area (Å²) in [5.74, 6) is 0.316. The van der Waals surface area contributed by atoms with Crippen molar-refractivity contribution in [3.63, 3.8) is 0 Å². The summed E-state index contributed by atoms with van der Waals surface area (Å²) in [5, 5.41) is 0.362. The van der Waals surface area contributed by atoms with Crippen LogP contribution < -0.4 is 9.46 Å². The Morgan fingerprint density at radius 1 is 1.13 bits per heavy atom. The van der Waals surface area contributed by atoms with E-state index in [1.165, 1.54) is 6.07 Å². The minimum Gasteiger partial charge on any atom is -0.492 e. The molecule has 132 valence electrons. The molecule has 0 atom stereocenters. The first-order valence-electron chi connectivity index (χ1n) is 7.83. The van der Waals surface area contributed by atoms with Crippen LogP contribution >= 0.6 is 11.6 Å². The Morgan fingerprint density at radius 3 is 2.26 bits per heavy atom. The SMILES string of the molecule is CCOc1ccc(Cl)cc1S(=O)(=O)NC(C)(C)CCC(C)(C)C. The molecule has 4 nitrogen and oxygen atoms in total. The monoisotopic (exact) mass is 361 g/mol. The lowest BCUT2D eigenvalue weighted by Crippen LogP contribution is -2.43. The number of benzene rings is 1. The number of halogens is 1. The van der Waals surface area contributed by atoms with Gasteiger partial charge in [0.15, 0.2) is 0 Å². The van der Waals surface area contributed by atoms with Gasteiger partial charge < -0.3 is 4.74 Å². The van der Waals surface area contributed by atoms with Gasteiger partial charge in [0, 0.05) is 10.6 Å². The van der Waals surface area contributed by atoms with Gasteiger partial charge in [0.05, 0.1) is 6.61 Å². The summed E-state index contributed by atoms with van der Waals surface area (Å²) in [6, 6.07) is 4.63. The van der Waals surface area contributed by atoms with Crippen molar-refractivity contribution in [2.45, 2.75) is 64.8 Å². The van der Waals surface area contributed by atoms with Crippen LogP contribution in [0.2, 0.25) is 5.02 Å². The zero-order valence-electron chi connectivity index (χ0n) is 14.9. The Hall–Kier alpha value is -0.780. The topological polar surface area (TPSA) is 55.4 Å². The molecule has 23 heavy (non-hydrogen) atoms. The molecule has 0 aliphatic rings. The fraction of sp³-hybridized carbons (Fsp3) is 0.647. The van der Waals surface area contributed by atoms with Gasteiger partial charge in [-0.2, -0.15) is 0 Å². The quantitative estimate of drug-likeness (QED) is 0.770. The van der Waals surface area contributed by atoms with E-state index in [4.69, 9.17) is 16.3 Å². The third kappa shape index (κ3) is 6.69. The average molecular weight is 362 g/mol. The maximum Gasteiger partial charge on any atom is 0.244 e. The van der Waals surface area contributed by atoms with Crippen LogP contribution in [0, 0.1) is 5.41 Å². The second-order valence-electron chi connectivity index (χ2n) is 7.57. The fourth-order valence-electron chi connectivity index (χ4n) is 2.12. The number of sulfonamides is 1. The van der Waals surface area contributed by atoms with E-state index in [0.29, 0.717) is 17.4 Å². The lowest BCUT2D eigenvalue weighted by molar-refractivity contribution is 0.301. The molecule has 0 saturated heterocycles. The zero-order chi connectivity index (χ0) is 17.9. The van der Waals surface area contributed by atoms with E-state index >= 15 is 0 Å². The maximum atomic E-state index is 12.8. The summed E-state index contributed by atoms with van der Waals surface area (Å²) in [5.41, 5.74) is -0.410. The molecule has 1 N–H and O–H groups in total. The van der Waals surface area contributed by atoms with Gasteiger partial charge in [0.1, 0.15) is 10.6 Å². The Kier molecular flexibility index (Phi) is 6.53. The molecule has 0 aromatic heterocycles. The zero-order valence-corrected chi connectivity index (χ0v) is 16.4. The number of nitrogens with one attached hydrogen (secondary N) is 1. The summed E-state index contributed by atoms with van der Waals surface area (Å²) in [6.07, 6.45) is 1.65. The maximum absolute atomic E-state index is 12.8. The van der Waals surface area contributed by atoms with Crippen molar-refractivity contribution in [2.24, 2.45) is 5.41 Å². The number of rotatable bonds is 7. The summed E-state index contributed by atoms with van der Waals surface area (Å²) in [6.45, 7) is 12.4.